The van der Waals surface area contributed by atoms with Gasteiger partial charge in [-0.2, -0.15) is 11.8 Å². The van der Waals surface area contributed by atoms with E-state index in [1.165, 1.54) is 10.5 Å². The minimum absolute atomic E-state index is 0.512. The second kappa shape index (κ2) is 4.87. The molecule has 2 N–H and O–H groups in total. The predicted molar refractivity (Wildman–Crippen MR) is 87.5 cm³/mol. The maximum Gasteiger partial charge on any atom is 0.0907 e. The van der Waals surface area contributed by atoms with Crippen molar-refractivity contribution in [2.75, 3.05) is 22.9 Å². The van der Waals surface area contributed by atoms with Crippen LogP contribution in [0.3, 0.4) is 0 Å². The third-order valence-electron chi connectivity index (χ3n) is 3.84. The van der Waals surface area contributed by atoms with Crippen LogP contribution >= 0.6 is 23.1 Å². The molecule has 1 saturated heterocycles. The van der Waals surface area contributed by atoms with Gasteiger partial charge in [0.05, 0.1) is 26.6 Å². The number of hydrogen-bond donors (Lipinski definition) is 1. The van der Waals surface area contributed by atoms with Gasteiger partial charge in [-0.05, 0) is 26.0 Å². The molecule has 1 aromatic heterocycles. The van der Waals surface area contributed by atoms with E-state index < -0.39 is 0 Å². The number of aromatic nitrogens is 1. The molecule has 3 nitrogen and oxygen atoms in total. The summed E-state index contributed by atoms with van der Waals surface area (Å²) < 4.78 is 1.19. The van der Waals surface area contributed by atoms with Crippen molar-refractivity contribution < 1.29 is 0 Å². The van der Waals surface area contributed by atoms with E-state index in [1.54, 1.807) is 11.3 Å². The zero-order valence-corrected chi connectivity index (χ0v) is 13.1. The fourth-order valence-corrected chi connectivity index (χ4v) is 4.57. The molecule has 0 spiro atoms. The first kappa shape index (κ1) is 13.1. The van der Waals surface area contributed by atoms with Crippen LogP contribution in [0.1, 0.15) is 18.9 Å². The summed E-state index contributed by atoms with van der Waals surface area (Å²) in [5, 5.41) is 1.74. The van der Waals surface area contributed by atoms with E-state index in [9.17, 15) is 0 Å². The molecule has 0 aliphatic carbocycles. The summed E-state index contributed by atoms with van der Waals surface area (Å²) in [6.45, 7) is 7.69. The van der Waals surface area contributed by atoms with Crippen LogP contribution in [0.4, 0.5) is 11.4 Å². The molecule has 19 heavy (non-hydrogen) atoms. The lowest BCUT2D eigenvalue weighted by molar-refractivity contribution is 0.628. The minimum atomic E-state index is 0.512. The average Bonchev–Trinajstić information content (AvgIpc) is 2.71. The molecule has 1 aliphatic rings. The van der Waals surface area contributed by atoms with Crippen molar-refractivity contribution in [2.45, 2.75) is 32.1 Å². The maximum absolute atomic E-state index is 6.26. The highest BCUT2D eigenvalue weighted by Gasteiger charge is 2.26. The molecule has 0 amide bonds. The molecular formula is C14H19N3S2. The molecule has 5 heteroatoms. The summed E-state index contributed by atoms with van der Waals surface area (Å²) in [6.07, 6.45) is 0. The Morgan fingerprint density at radius 2 is 2.16 bits per heavy atom. The number of aryl methyl sites for hydroxylation is 1. The predicted octanol–water partition coefficient (Wildman–Crippen LogP) is 3.52. The fourth-order valence-electron chi connectivity index (χ4n) is 2.62. The average molecular weight is 293 g/mol. The molecule has 2 heterocycles. The number of anilines is 2. The quantitative estimate of drug-likeness (QED) is 0.817. The van der Waals surface area contributed by atoms with Gasteiger partial charge in [0, 0.05) is 23.6 Å². The summed E-state index contributed by atoms with van der Waals surface area (Å²) in [6, 6.07) is 4.75. The lowest BCUT2D eigenvalue weighted by Gasteiger charge is -2.39. The van der Waals surface area contributed by atoms with Crippen molar-refractivity contribution in [1.82, 2.24) is 4.98 Å². The number of nitrogens with two attached hydrogens (primary N) is 1. The molecule has 1 aliphatic heterocycles. The smallest absolute Gasteiger partial charge is 0.0907 e. The highest BCUT2D eigenvalue weighted by Crippen LogP contribution is 2.36. The molecule has 0 bridgehead atoms. The number of thioether (sulfide) groups is 1. The van der Waals surface area contributed by atoms with E-state index in [0.29, 0.717) is 11.3 Å². The van der Waals surface area contributed by atoms with Crippen molar-refractivity contribution in [3.05, 3.63) is 17.1 Å². The van der Waals surface area contributed by atoms with Crippen LogP contribution in [0.15, 0.2) is 12.1 Å². The summed E-state index contributed by atoms with van der Waals surface area (Å²) >= 11 is 3.75. The molecule has 1 fully saturated rings. The number of thiazole rings is 1. The molecular weight excluding hydrogens is 274 g/mol. The standard InChI is InChI=1S/C14H19N3S2/c1-8-9(2)18-5-4-17(8)13-7-12-14(6-11(13)15)19-10(3)16-12/h6-9H,4-5,15H2,1-3H3. The van der Waals surface area contributed by atoms with Gasteiger partial charge in [0.15, 0.2) is 0 Å². The van der Waals surface area contributed by atoms with Crippen molar-refractivity contribution in [3.8, 4) is 0 Å². The van der Waals surface area contributed by atoms with Crippen molar-refractivity contribution in [1.29, 1.82) is 0 Å². The Kier molecular flexibility index (Phi) is 3.35. The van der Waals surface area contributed by atoms with E-state index >= 15 is 0 Å². The number of hydrogen-bond acceptors (Lipinski definition) is 5. The molecule has 3 rings (SSSR count). The first-order valence-electron chi connectivity index (χ1n) is 6.61. The van der Waals surface area contributed by atoms with Crippen LogP contribution < -0.4 is 10.6 Å². The van der Waals surface area contributed by atoms with Gasteiger partial charge in [-0.3, -0.25) is 0 Å². The molecule has 0 radical (unpaired) electrons. The second-order valence-electron chi connectivity index (χ2n) is 5.12. The number of fused-ring (bicyclic) bond motifs is 1. The molecule has 1 aromatic carbocycles. The van der Waals surface area contributed by atoms with Crippen molar-refractivity contribution in [3.63, 3.8) is 0 Å². The van der Waals surface area contributed by atoms with Crippen molar-refractivity contribution >= 4 is 44.7 Å². The minimum Gasteiger partial charge on any atom is -0.397 e. The number of rotatable bonds is 1. The third-order valence-corrected chi connectivity index (χ3v) is 6.11. The highest BCUT2D eigenvalue weighted by atomic mass is 32.2. The van der Waals surface area contributed by atoms with Crippen LogP contribution in [0.2, 0.25) is 0 Å². The van der Waals surface area contributed by atoms with E-state index in [2.05, 4.69) is 35.9 Å². The lowest BCUT2D eigenvalue weighted by Crippen LogP contribution is -2.45. The van der Waals surface area contributed by atoms with Crippen LogP contribution in [0.5, 0.6) is 0 Å². The van der Waals surface area contributed by atoms with Gasteiger partial charge in [0.2, 0.25) is 0 Å². The van der Waals surface area contributed by atoms with E-state index in [-0.39, 0.29) is 0 Å². The maximum atomic E-state index is 6.26. The zero-order chi connectivity index (χ0) is 13.6. The highest BCUT2D eigenvalue weighted by molar-refractivity contribution is 8.00. The van der Waals surface area contributed by atoms with Gasteiger partial charge in [0.25, 0.3) is 0 Å². The Bertz CT molecular complexity index is 608. The van der Waals surface area contributed by atoms with E-state index in [0.717, 1.165) is 28.4 Å². The Morgan fingerprint density at radius 3 is 2.95 bits per heavy atom. The summed E-state index contributed by atoms with van der Waals surface area (Å²) in [4.78, 5) is 7.02. The largest absolute Gasteiger partial charge is 0.397 e. The van der Waals surface area contributed by atoms with Crippen LogP contribution in [-0.4, -0.2) is 28.6 Å². The van der Waals surface area contributed by atoms with Crippen LogP contribution in [-0.2, 0) is 0 Å². The summed E-state index contributed by atoms with van der Waals surface area (Å²) in [7, 11) is 0. The molecule has 102 valence electrons. The van der Waals surface area contributed by atoms with Gasteiger partial charge < -0.3 is 10.6 Å². The van der Waals surface area contributed by atoms with Gasteiger partial charge >= 0.3 is 0 Å². The summed E-state index contributed by atoms with van der Waals surface area (Å²) in [5.41, 5.74) is 9.37. The molecule has 2 aromatic rings. The van der Waals surface area contributed by atoms with E-state index in [1.807, 2.05) is 18.7 Å². The first-order chi connectivity index (χ1) is 9.06. The topological polar surface area (TPSA) is 42.2 Å². The monoisotopic (exact) mass is 293 g/mol. The molecule has 0 saturated carbocycles. The summed E-state index contributed by atoms with van der Waals surface area (Å²) in [5.74, 6) is 1.17. The normalized spacial score (nSPS) is 24.1. The van der Waals surface area contributed by atoms with Gasteiger partial charge in [-0.15, -0.1) is 11.3 Å². The van der Waals surface area contributed by atoms with Gasteiger partial charge in [-0.25, -0.2) is 4.98 Å². The number of nitrogen functional groups attached to an aromatic ring is 1. The Hall–Kier alpha value is -0.940. The second-order valence-corrected chi connectivity index (χ2v) is 7.84. The third kappa shape index (κ3) is 2.30. The zero-order valence-electron chi connectivity index (χ0n) is 11.5. The molecule has 2 unspecified atom stereocenters. The first-order valence-corrected chi connectivity index (χ1v) is 8.47. The number of nitrogens with zero attached hydrogens (tertiary/aromatic N) is 2. The van der Waals surface area contributed by atoms with E-state index in [4.69, 9.17) is 5.73 Å². The number of benzene rings is 1. The lowest BCUT2D eigenvalue weighted by atomic mass is 10.1. The van der Waals surface area contributed by atoms with Crippen LogP contribution in [0.25, 0.3) is 10.2 Å². The molecule has 2 atom stereocenters. The van der Waals surface area contributed by atoms with Crippen LogP contribution in [0, 0.1) is 6.92 Å². The SMILES string of the molecule is Cc1nc2cc(N3CCSC(C)C3C)c(N)cc2s1. The van der Waals surface area contributed by atoms with Gasteiger partial charge in [0.1, 0.15) is 0 Å². The Morgan fingerprint density at radius 1 is 1.37 bits per heavy atom. The fraction of sp³-hybridized carbons (Fsp3) is 0.500. The Labute approximate surface area is 122 Å². The van der Waals surface area contributed by atoms with Crippen molar-refractivity contribution in [2.24, 2.45) is 0 Å². The van der Waals surface area contributed by atoms with Gasteiger partial charge in [-0.1, -0.05) is 6.92 Å². The Balaban J connectivity index is 2.05.